The van der Waals surface area contributed by atoms with Gasteiger partial charge in [0.15, 0.2) is 11.5 Å². The Morgan fingerprint density at radius 1 is 1.05 bits per heavy atom. The highest BCUT2D eigenvalue weighted by atomic mass is 16.5. The van der Waals surface area contributed by atoms with E-state index in [1.54, 1.807) is 20.3 Å². The average molecular weight is 280 g/mol. The Bertz CT molecular complexity index is 424. The molecule has 0 amide bonds. The first-order valence-corrected chi connectivity index (χ1v) is 7.42. The number of benzene rings is 1. The van der Waals surface area contributed by atoms with E-state index >= 15 is 0 Å². The van der Waals surface area contributed by atoms with Crippen molar-refractivity contribution in [3.8, 4) is 17.2 Å². The quantitative estimate of drug-likeness (QED) is 0.704. The van der Waals surface area contributed by atoms with Gasteiger partial charge in [0, 0.05) is 5.56 Å². The Morgan fingerprint density at radius 3 is 2.30 bits per heavy atom. The number of methoxy groups -OCH3 is 2. The summed E-state index contributed by atoms with van der Waals surface area (Å²) < 4.78 is 10.5. The Morgan fingerprint density at radius 2 is 1.75 bits per heavy atom. The molecule has 0 bridgehead atoms. The molecule has 1 N–H and O–H groups in total. The molecule has 0 aliphatic heterocycles. The van der Waals surface area contributed by atoms with Crippen molar-refractivity contribution in [2.45, 2.75) is 58.3 Å². The van der Waals surface area contributed by atoms with E-state index in [2.05, 4.69) is 20.8 Å². The third-order valence-electron chi connectivity index (χ3n) is 3.90. The van der Waals surface area contributed by atoms with Gasteiger partial charge in [0.1, 0.15) is 0 Å². The molecule has 0 unspecified atom stereocenters. The first kappa shape index (κ1) is 16.7. The van der Waals surface area contributed by atoms with Crippen LogP contribution in [0.5, 0.6) is 17.2 Å². The van der Waals surface area contributed by atoms with E-state index in [4.69, 9.17) is 9.47 Å². The molecule has 20 heavy (non-hydrogen) atoms. The van der Waals surface area contributed by atoms with Gasteiger partial charge >= 0.3 is 0 Å². The zero-order valence-corrected chi connectivity index (χ0v) is 13.5. The molecule has 0 spiro atoms. The molecule has 3 heteroatoms. The molecule has 0 aliphatic carbocycles. The van der Waals surface area contributed by atoms with Gasteiger partial charge in [-0.1, -0.05) is 52.5 Å². The van der Waals surface area contributed by atoms with Crippen LogP contribution in [0, 0.1) is 0 Å². The van der Waals surface area contributed by atoms with Crippen LogP contribution in [-0.4, -0.2) is 19.3 Å². The predicted octanol–water partition coefficient (Wildman–Crippen LogP) is 4.66. The minimum absolute atomic E-state index is 0.0250. The van der Waals surface area contributed by atoms with Crippen molar-refractivity contribution in [2.75, 3.05) is 14.2 Å². The van der Waals surface area contributed by atoms with Crippen LogP contribution in [0.25, 0.3) is 0 Å². The van der Waals surface area contributed by atoms with E-state index in [0.717, 1.165) is 12.0 Å². The zero-order chi connectivity index (χ0) is 15.2. The van der Waals surface area contributed by atoms with E-state index in [1.807, 2.05) is 6.07 Å². The van der Waals surface area contributed by atoms with Crippen molar-refractivity contribution in [1.82, 2.24) is 0 Å². The van der Waals surface area contributed by atoms with Crippen LogP contribution < -0.4 is 9.47 Å². The number of unbranched alkanes of at least 4 members (excludes halogenated alkanes) is 3. The van der Waals surface area contributed by atoms with Crippen molar-refractivity contribution in [3.63, 3.8) is 0 Å². The van der Waals surface area contributed by atoms with Crippen LogP contribution in [0.3, 0.4) is 0 Å². The summed E-state index contributed by atoms with van der Waals surface area (Å²) >= 11 is 0. The van der Waals surface area contributed by atoms with E-state index < -0.39 is 0 Å². The standard InChI is InChI=1S/C17H28O3/c1-6-7-8-9-12-17(2,3)13-10-11-14(19-4)15(18)16(13)20-5/h10-11,18H,6-9,12H2,1-5H3. The van der Waals surface area contributed by atoms with Crippen molar-refractivity contribution in [3.05, 3.63) is 17.7 Å². The molecule has 1 aromatic rings. The number of hydrogen-bond donors (Lipinski definition) is 1. The zero-order valence-electron chi connectivity index (χ0n) is 13.5. The minimum Gasteiger partial charge on any atom is -0.502 e. The maximum absolute atomic E-state index is 10.2. The lowest BCUT2D eigenvalue weighted by Crippen LogP contribution is -2.18. The second kappa shape index (κ2) is 7.41. The van der Waals surface area contributed by atoms with Crippen LogP contribution in [0.15, 0.2) is 12.1 Å². The number of rotatable bonds is 8. The van der Waals surface area contributed by atoms with E-state index in [-0.39, 0.29) is 11.2 Å². The molecular weight excluding hydrogens is 252 g/mol. The molecule has 0 saturated carbocycles. The van der Waals surface area contributed by atoms with Crippen molar-refractivity contribution in [2.24, 2.45) is 0 Å². The molecule has 0 heterocycles. The lowest BCUT2D eigenvalue weighted by molar-refractivity contribution is 0.327. The fourth-order valence-electron chi connectivity index (χ4n) is 2.59. The number of ether oxygens (including phenoxy) is 2. The molecule has 1 aromatic carbocycles. The second-order valence-corrected chi connectivity index (χ2v) is 5.89. The predicted molar refractivity (Wildman–Crippen MR) is 83.0 cm³/mol. The lowest BCUT2D eigenvalue weighted by Gasteiger charge is -2.28. The highest BCUT2D eigenvalue weighted by Crippen LogP contribution is 2.45. The summed E-state index contributed by atoms with van der Waals surface area (Å²) in [4.78, 5) is 0. The van der Waals surface area contributed by atoms with Crippen LogP contribution in [0.4, 0.5) is 0 Å². The number of phenolic OH excluding ortho intramolecular Hbond substituents is 1. The third kappa shape index (κ3) is 3.81. The summed E-state index contributed by atoms with van der Waals surface area (Å²) in [5.41, 5.74) is 1.01. The minimum atomic E-state index is -0.0250. The fourth-order valence-corrected chi connectivity index (χ4v) is 2.59. The summed E-state index contributed by atoms with van der Waals surface area (Å²) in [6.45, 7) is 6.61. The third-order valence-corrected chi connectivity index (χ3v) is 3.90. The summed E-state index contributed by atoms with van der Waals surface area (Å²) in [5, 5.41) is 10.2. The summed E-state index contributed by atoms with van der Waals surface area (Å²) in [5.74, 6) is 1.08. The molecule has 0 atom stereocenters. The topological polar surface area (TPSA) is 38.7 Å². The van der Waals surface area contributed by atoms with Gasteiger partial charge in [-0.2, -0.15) is 0 Å². The van der Waals surface area contributed by atoms with Crippen LogP contribution in [0.2, 0.25) is 0 Å². The maximum Gasteiger partial charge on any atom is 0.201 e. The second-order valence-electron chi connectivity index (χ2n) is 5.89. The number of hydrogen-bond acceptors (Lipinski definition) is 3. The van der Waals surface area contributed by atoms with Crippen LogP contribution >= 0.6 is 0 Å². The van der Waals surface area contributed by atoms with Gasteiger partial charge in [-0.15, -0.1) is 0 Å². The van der Waals surface area contributed by atoms with Crippen molar-refractivity contribution in [1.29, 1.82) is 0 Å². The smallest absolute Gasteiger partial charge is 0.201 e. The summed E-state index contributed by atoms with van der Waals surface area (Å²) in [6, 6.07) is 3.80. The molecule has 0 fully saturated rings. The van der Waals surface area contributed by atoms with Gasteiger partial charge in [-0.05, 0) is 17.9 Å². The van der Waals surface area contributed by atoms with Crippen LogP contribution in [-0.2, 0) is 5.41 Å². The van der Waals surface area contributed by atoms with Gasteiger partial charge < -0.3 is 14.6 Å². The van der Waals surface area contributed by atoms with Gasteiger partial charge in [0.2, 0.25) is 5.75 Å². The van der Waals surface area contributed by atoms with Gasteiger partial charge in [-0.3, -0.25) is 0 Å². The Kier molecular flexibility index (Phi) is 6.18. The fraction of sp³-hybridized carbons (Fsp3) is 0.647. The average Bonchev–Trinajstić information content (AvgIpc) is 2.43. The van der Waals surface area contributed by atoms with Crippen LogP contribution in [0.1, 0.15) is 58.4 Å². The van der Waals surface area contributed by atoms with E-state index in [9.17, 15) is 5.11 Å². The highest BCUT2D eigenvalue weighted by molar-refractivity contribution is 5.56. The lowest BCUT2D eigenvalue weighted by atomic mass is 9.79. The Labute approximate surface area is 122 Å². The normalized spacial score (nSPS) is 11.4. The van der Waals surface area contributed by atoms with E-state index in [0.29, 0.717) is 11.5 Å². The highest BCUT2D eigenvalue weighted by Gasteiger charge is 2.27. The Balaban J connectivity index is 2.96. The van der Waals surface area contributed by atoms with Gasteiger partial charge in [0.05, 0.1) is 14.2 Å². The maximum atomic E-state index is 10.2. The Hall–Kier alpha value is -1.38. The number of phenols is 1. The largest absolute Gasteiger partial charge is 0.502 e. The molecule has 0 aliphatic rings. The summed E-state index contributed by atoms with van der Waals surface area (Å²) in [6.07, 6.45) is 6.05. The molecule has 0 radical (unpaired) electrons. The number of aromatic hydroxyl groups is 1. The molecule has 114 valence electrons. The molecule has 0 aromatic heterocycles. The molecule has 0 saturated heterocycles. The monoisotopic (exact) mass is 280 g/mol. The first-order valence-electron chi connectivity index (χ1n) is 7.42. The molecule has 3 nitrogen and oxygen atoms in total. The first-order chi connectivity index (χ1) is 9.47. The van der Waals surface area contributed by atoms with Gasteiger partial charge in [0.25, 0.3) is 0 Å². The molecular formula is C17H28O3. The van der Waals surface area contributed by atoms with Crippen molar-refractivity contribution < 1.29 is 14.6 Å². The van der Waals surface area contributed by atoms with E-state index in [1.165, 1.54) is 25.7 Å². The van der Waals surface area contributed by atoms with Gasteiger partial charge in [-0.25, -0.2) is 0 Å². The SMILES string of the molecule is CCCCCCC(C)(C)c1ccc(OC)c(O)c1OC. The van der Waals surface area contributed by atoms with Crippen molar-refractivity contribution >= 4 is 0 Å². The summed E-state index contributed by atoms with van der Waals surface area (Å²) in [7, 11) is 3.13. The molecule has 1 rings (SSSR count).